The summed E-state index contributed by atoms with van der Waals surface area (Å²) in [5.41, 5.74) is 0.802. The molecule has 0 aromatic heterocycles. The molecule has 1 aromatic carbocycles. The maximum absolute atomic E-state index is 12.1. The van der Waals surface area contributed by atoms with E-state index in [-0.39, 0.29) is 12.0 Å². The molecule has 2 rings (SSSR count). The number of benzene rings is 1. The lowest BCUT2D eigenvalue weighted by Gasteiger charge is -2.22. The molecular weight excluding hydrogens is 264 g/mol. The van der Waals surface area contributed by atoms with Crippen molar-refractivity contribution in [1.82, 2.24) is 5.32 Å². The van der Waals surface area contributed by atoms with Crippen molar-refractivity contribution in [3.63, 3.8) is 0 Å². The maximum atomic E-state index is 12.1. The summed E-state index contributed by atoms with van der Waals surface area (Å²) in [7, 11) is 0. The molecule has 1 saturated heterocycles. The SMILES string of the molecule is CCC(C)Oc1cccc(NC(=O)CC2CCCCN2)c1. The zero-order valence-corrected chi connectivity index (χ0v) is 13.0. The fraction of sp³-hybridized carbons (Fsp3) is 0.588. The van der Waals surface area contributed by atoms with Gasteiger partial charge >= 0.3 is 0 Å². The molecule has 21 heavy (non-hydrogen) atoms. The zero-order chi connectivity index (χ0) is 15.1. The lowest BCUT2D eigenvalue weighted by atomic mass is 10.0. The Balaban J connectivity index is 1.86. The summed E-state index contributed by atoms with van der Waals surface area (Å²) < 4.78 is 5.77. The Labute approximate surface area is 127 Å². The van der Waals surface area contributed by atoms with Crippen LogP contribution in [0.5, 0.6) is 5.75 Å². The molecule has 2 unspecified atom stereocenters. The van der Waals surface area contributed by atoms with Crippen LogP contribution in [0, 0.1) is 0 Å². The molecule has 2 atom stereocenters. The van der Waals surface area contributed by atoms with Crippen LogP contribution in [-0.4, -0.2) is 24.6 Å². The molecule has 4 heteroatoms. The van der Waals surface area contributed by atoms with Crippen LogP contribution >= 0.6 is 0 Å². The van der Waals surface area contributed by atoms with Crippen LogP contribution < -0.4 is 15.4 Å². The van der Waals surface area contributed by atoms with Crippen molar-refractivity contribution in [3.05, 3.63) is 24.3 Å². The molecule has 2 N–H and O–H groups in total. The summed E-state index contributed by atoms with van der Waals surface area (Å²) in [6.45, 7) is 5.16. The fourth-order valence-corrected chi connectivity index (χ4v) is 2.50. The third-order valence-electron chi connectivity index (χ3n) is 3.87. The minimum absolute atomic E-state index is 0.0649. The summed E-state index contributed by atoms with van der Waals surface area (Å²) in [6.07, 6.45) is 5.20. The summed E-state index contributed by atoms with van der Waals surface area (Å²) in [6, 6.07) is 7.93. The number of hydrogen-bond donors (Lipinski definition) is 2. The Kier molecular flexibility index (Phi) is 6.05. The van der Waals surface area contributed by atoms with Gasteiger partial charge in [-0.2, -0.15) is 0 Å². The minimum Gasteiger partial charge on any atom is -0.491 e. The van der Waals surface area contributed by atoms with Crippen LogP contribution in [0.2, 0.25) is 0 Å². The third-order valence-corrected chi connectivity index (χ3v) is 3.87. The van der Waals surface area contributed by atoms with Crippen LogP contribution in [-0.2, 0) is 4.79 Å². The van der Waals surface area contributed by atoms with Crippen LogP contribution in [0.1, 0.15) is 46.0 Å². The first-order valence-corrected chi connectivity index (χ1v) is 7.97. The Morgan fingerprint density at radius 2 is 2.33 bits per heavy atom. The molecular formula is C17H26N2O2. The topological polar surface area (TPSA) is 50.4 Å². The second-order valence-corrected chi connectivity index (χ2v) is 5.76. The van der Waals surface area contributed by atoms with Crippen LogP contribution in [0.15, 0.2) is 24.3 Å². The van der Waals surface area contributed by atoms with E-state index in [1.165, 1.54) is 12.8 Å². The third kappa shape index (κ3) is 5.38. The first kappa shape index (κ1) is 15.8. The van der Waals surface area contributed by atoms with Gasteiger partial charge in [0.25, 0.3) is 0 Å². The quantitative estimate of drug-likeness (QED) is 0.845. The standard InChI is InChI=1S/C17H26N2O2/c1-3-13(2)21-16-9-6-8-15(11-16)19-17(20)12-14-7-4-5-10-18-14/h6,8-9,11,13-14,18H,3-5,7,10,12H2,1-2H3,(H,19,20). The van der Waals surface area contributed by atoms with E-state index < -0.39 is 0 Å². The van der Waals surface area contributed by atoms with Gasteiger partial charge in [0.15, 0.2) is 0 Å². The van der Waals surface area contributed by atoms with Gasteiger partial charge in [-0.1, -0.05) is 19.4 Å². The van der Waals surface area contributed by atoms with E-state index in [2.05, 4.69) is 17.6 Å². The van der Waals surface area contributed by atoms with Gasteiger partial charge in [0, 0.05) is 24.2 Å². The molecule has 1 aliphatic heterocycles. The molecule has 116 valence electrons. The normalized spacial score (nSPS) is 19.8. The molecule has 1 heterocycles. The lowest BCUT2D eigenvalue weighted by Crippen LogP contribution is -2.36. The van der Waals surface area contributed by atoms with Crippen molar-refractivity contribution in [2.45, 2.75) is 58.1 Å². The highest BCUT2D eigenvalue weighted by molar-refractivity contribution is 5.91. The first-order chi connectivity index (χ1) is 10.2. The number of nitrogens with one attached hydrogen (secondary N) is 2. The van der Waals surface area contributed by atoms with Crippen LogP contribution in [0.25, 0.3) is 0 Å². The molecule has 0 bridgehead atoms. The van der Waals surface area contributed by atoms with Crippen molar-refractivity contribution in [3.8, 4) is 5.75 Å². The molecule has 0 aliphatic carbocycles. The zero-order valence-electron chi connectivity index (χ0n) is 13.0. The van der Waals surface area contributed by atoms with E-state index in [9.17, 15) is 4.79 Å². The molecule has 0 saturated carbocycles. The smallest absolute Gasteiger partial charge is 0.225 e. The van der Waals surface area contributed by atoms with Gasteiger partial charge in [0.05, 0.1) is 6.10 Å². The van der Waals surface area contributed by atoms with Crippen molar-refractivity contribution in [2.75, 3.05) is 11.9 Å². The van der Waals surface area contributed by atoms with Gasteiger partial charge in [0.2, 0.25) is 5.91 Å². The van der Waals surface area contributed by atoms with Crippen molar-refractivity contribution >= 4 is 11.6 Å². The second kappa shape index (κ2) is 8.03. The summed E-state index contributed by atoms with van der Waals surface area (Å²) in [5, 5.41) is 6.36. The highest BCUT2D eigenvalue weighted by Gasteiger charge is 2.16. The minimum atomic E-state index is 0.0649. The molecule has 4 nitrogen and oxygen atoms in total. The van der Waals surface area contributed by atoms with E-state index in [0.717, 1.165) is 30.8 Å². The Hall–Kier alpha value is -1.55. The fourth-order valence-electron chi connectivity index (χ4n) is 2.50. The molecule has 0 radical (unpaired) electrons. The number of rotatable bonds is 6. The number of ether oxygens (including phenoxy) is 1. The molecule has 1 aliphatic rings. The highest BCUT2D eigenvalue weighted by atomic mass is 16.5. The first-order valence-electron chi connectivity index (χ1n) is 7.97. The van der Waals surface area contributed by atoms with E-state index in [1.54, 1.807) is 0 Å². The predicted molar refractivity (Wildman–Crippen MR) is 85.7 cm³/mol. The molecule has 1 fully saturated rings. The number of carbonyl (C=O) groups is 1. The van der Waals surface area contributed by atoms with Gasteiger partial charge in [-0.3, -0.25) is 4.79 Å². The molecule has 1 amide bonds. The van der Waals surface area contributed by atoms with Gasteiger partial charge in [-0.15, -0.1) is 0 Å². The molecule has 0 spiro atoms. The van der Waals surface area contributed by atoms with Crippen LogP contribution in [0.3, 0.4) is 0 Å². The van der Waals surface area contributed by atoms with Gasteiger partial charge in [-0.05, 0) is 44.9 Å². The van der Waals surface area contributed by atoms with Gasteiger partial charge < -0.3 is 15.4 Å². The summed E-state index contributed by atoms with van der Waals surface area (Å²) in [4.78, 5) is 12.1. The summed E-state index contributed by atoms with van der Waals surface area (Å²) in [5.74, 6) is 0.869. The Bertz CT molecular complexity index is 456. The largest absolute Gasteiger partial charge is 0.491 e. The highest BCUT2D eigenvalue weighted by Crippen LogP contribution is 2.20. The van der Waals surface area contributed by atoms with Crippen molar-refractivity contribution < 1.29 is 9.53 Å². The van der Waals surface area contributed by atoms with Crippen molar-refractivity contribution in [2.24, 2.45) is 0 Å². The summed E-state index contributed by atoms with van der Waals surface area (Å²) >= 11 is 0. The lowest BCUT2D eigenvalue weighted by molar-refractivity contribution is -0.116. The Morgan fingerprint density at radius 1 is 1.48 bits per heavy atom. The van der Waals surface area contributed by atoms with E-state index in [0.29, 0.717) is 12.5 Å². The number of amides is 1. The number of carbonyl (C=O) groups excluding carboxylic acids is 1. The second-order valence-electron chi connectivity index (χ2n) is 5.76. The molecule has 1 aromatic rings. The van der Waals surface area contributed by atoms with Gasteiger partial charge in [-0.25, -0.2) is 0 Å². The van der Waals surface area contributed by atoms with E-state index >= 15 is 0 Å². The average Bonchev–Trinajstić information content (AvgIpc) is 2.48. The predicted octanol–water partition coefficient (Wildman–Crippen LogP) is 3.33. The number of piperidine rings is 1. The monoisotopic (exact) mass is 290 g/mol. The van der Waals surface area contributed by atoms with Crippen LogP contribution in [0.4, 0.5) is 5.69 Å². The van der Waals surface area contributed by atoms with E-state index in [1.807, 2.05) is 31.2 Å². The number of hydrogen-bond acceptors (Lipinski definition) is 3. The number of anilines is 1. The van der Waals surface area contributed by atoms with E-state index in [4.69, 9.17) is 4.74 Å². The van der Waals surface area contributed by atoms with Crippen molar-refractivity contribution in [1.29, 1.82) is 0 Å². The maximum Gasteiger partial charge on any atom is 0.225 e. The van der Waals surface area contributed by atoms with Gasteiger partial charge in [0.1, 0.15) is 5.75 Å². The average molecular weight is 290 g/mol. The Morgan fingerprint density at radius 3 is 3.05 bits per heavy atom.